The zero-order valence-electron chi connectivity index (χ0n) is 46.5. The highest BCUT2D eigenvalue weighted by molar-refractivity contribution is 7.13. The van der Waals surface area contributed by atoms with Crippen molar-refractivity contribution in [3.63, 3.8) is 0 Å². The molecule has 3 amide bonds. The number of hydrogen-bond donors (Lipinski definition) is 4. The summed E-state index contributed by atoms with van der Waals surface area (Å²) in [4.78, 5) is 61.4. The Hall–Kier alpha value is -6.43. The fourth-order valence-electron chi connectivity index (χ4n) is 10.8. The first kappa shape index (κ1) is 58.2. The maximum absolute atomic E-state index is 14.0. The van der Waals surface area contributed by atoms with E-state index < -0.39 is 35.4 Å². The maximum Gasteiger partial charge on any atom is 0.246 e. The summed E-state index contributed by atoms with van der Waals surface area (Å²) in [5, 5.41) is 22.3. The van der Waals surface area contributed by atoms with Gasteiger partial charge < -0.3 is 50.1 Å². The van der Waals surface area contributed by atoms with E-state index in [2.05, 4.69) is 40.1 Å². The molecule has 428 valence electrons. The average Bonchev–Trinajstić information content (AvgIpc) is 4.23. The van der Waals surface area contributed by atoms with Crippen LogP contribution in [0.5, 0.6) is 11.5 Å². The van der Waals surface area contributed by atoms with E-state index in [1.807, 2.05) is 112 Å². The van der Waals surface area contributed by atoms with Crippen molar-refractivity contribution >= 4 is 45.9 Å². The molecule has 3 atom stereocenters. The highest BCUT2D eigenvalue weighted by Gasteiger charge is 2.44. The number of rotatable bonds is 25. The number of benzene rings is 3. The topological polar surface area (TPSA) is 234 Å². The van der Waals surface area contributed by atoms with Crippen LogP contribution in [-0.2, 0) is 39.9 Å². The molecule has 0 radical (unpaired) electrons. The molecule has 3 aliphatic rings. The fourth-order valence-corrected chi connectivity index (χ4v) is 11.6. The number of aryl methyl sites for hydroxylation is 1. The van der Waals surface area contributed by atoms with Crippen LogP contribution in [0, 0.1) is 12.3 Å². The maximum atomic E-state index is 14.0. The van der Waals surface area contributed by atoms with E-state index in [1.165, 1.54) is 11.2 Å². The number of nitrogens with zero attached hydrogens (tertiary/aromatic N) is 8. The third kappa shape index (κ3) is 15.3. The number of likely N-dealkylation sites (tertiary alicyclic amines) is 1. The minimum absolute atomic E-state index is 0.00987. The van der Waals surface area contributed by atoms with Crippen LogP contribution in [0.2, 0.25) is 0 Å². The zero-order valence-corrected chi connectivity index (χ0v) is 47.3. The first-order chi connectivity index (χ1) is 38.8. The van der Waals surface area contributed by atoms with Crippen LogP contribution in [-0.4, -0.2) is 179 Å². The van der Waals surface area contributed by atoms with Gasteiger partial charge in [-0.3, -0.25) is 24.2 Å². The van der Waals surface area contributed by atoms with Crippen LogP contribution in [0.1, 0.15) is 70.2 Å². The molecule has 3 aromatic carbocycles. The minimum Gasteiger partial charge on any atom is -0.457 e. The number of nitrogens with one attached hydrogen (secondary N) is 2. The van der Waals surface area contributed by atoms with Gasteiger partial charge in [-0.25, -0.2) is 19.6 Å². The van der Waals surface area contributed by atoms with Gasteiger partial charge in [-0.1, -0.05) is 63.2 Å². The highest BCUT2D eigenvalue weighted by Crippen LogP contribution is 2.38. The molecule has 1 saturated carbocycles. The highest BCUT2D eigenvalue weighted by atomic mass is 32.1. The Morgan fingerprint density at radius 1 is 0.775 bits per heavy atom. The molecule has 3 fully saturated rings. The number of nitrogen functional groups attached to an aromatic ring is 1. The monoisotopic (exact) mass is 1120 g/mol. The van der Waals surface area contributed by atoms with Crippen molar-refractivity contribution in [2.24, 2.45) is 5.41 Å². The number of carbonyl (C=O) groups is 3. The SMILES string of the molecule is Cc1ncsc1-c1ccc(CNC(=O)[C@@H]2C[C@@H](O)CN2C(=O)[C@@H](NC(=O)COCCOCCOCCOCCN2CCN(C3CCC(n4nc(-c5ccc(Oc6ccccc6)cc5)c5c(N)ncnc54)CC3)CC2)C(C)(C)C)cc1. The largest absolute Gasteiger partial charge is 0.457 e. The summed E-state index contributed by atoms with van der Waals surface area (Å²) in [6.45, 7) is 15.3. The van der Waals surface area contributed by atoms with Gasteiger partial charge in [0.05, 0.1) is 79.9 Å². The molecule has 3 aromatic heterocycles. The number of piperazine rings is 1. The standard InChI is InChI=1S/C59H77N11O9S/c1-40-53(80-39-64-40)43-12-10-41(11-13-43)35-61-57(73)49-34-46(71)36-69(49)58(74)54(59(2,3)4)65-50(72)37-78-33-32-77-31-30-76-29-28-75-27-26-67-22-24-68(25-23-67)44-16-18-45(19-17-44)70-56-51(55(60)62-38-63-56)52(66-70)42-14-20-48(21-15-42)79-47-8-6-5-7-9-47/h5-15,20-21,38-39,44-46,49,54,71H,16-19,22-37H2,1-4H3,(H,61,73)(H,65,72)(H2,60,62,63)/t44?,45?,46-,49+,54-/m1/s1. The number of nitrogens with two attached hydrogens (primary N) is 1. The molecule has 2 saturated heterocycles. The third-order valence-electron chi connectivity index (χ3n) is 15.2. The summed E-state index contributed by atoms with van der Waals surface area (Å²) < 4.78 is 30.9. The minimum atomic E-state index is -0.957. The zero-order chi connectivity index (χ0) is 56.0. The molecule has 21 heteroatoms. The summed E-state index contributed by atoms with van der Waals surface area (Å²) in [6.07, 6.45) is 5.00. The van der Waals surface area contributed by atoms with E-state index in [9.17, 15) is 19.5 Å². The predicted octanol–water partition coefficient (Wildman–Crippen LogP) is 6.28. The van der Waals surface area contributed by atoms with Crippen LogP contribution < -0.4 is 21.1 Å². The van der Waals surface area contributed by atoms with Crippen LogP contribution >= 0.6 is 11.3 Å². The van der Waals surface area contributed by atoms with E-state index >= 15 is 0 Å². The normalized spacial score (nSPS) is 19.5. The molecule has 2 aliphatic heterocycles. The van der Waals surface area contributed by atoms with Gasteiger partial charge in [0, 0.05) is 63.8 Å². The number of β-amino-alcohol motifs (C(OH)–C–C–N with tert-alkyl or cyclic N) is 1. The number of para-hydroxylation sites is 1. The Morgan fingerprint density at radius 2 is 1.41 bits per heavy atom. The summed E-state index contributed by atoms with van der Waals surface area (Å²) in [7, 11) is 0. The lowest BCUT2D eigenvalue weighted by Crippen LogP contribution is -2.58. The summed E-state index contributed by atoms with van der Waals surface area (Å²) >= 11 is 1.58. The van der Waals surface area contributed by atoms with Crippen molar-refractivity contribution in [1.82, 2.24) is 50.1 Å². The van der Waals surface area contributed by atoms with Crippen LogP contribution in [0.25, 0.3) is 32.7 Å². The third-order valence-corrected chi connectivity index (χ3v) is 16.2. The Labute approximate surface area is 472 Å². The molecule has 5 heterocycles. The molecule has 0 bridgehead atoms. The average molecular weight is 1120 g/mol. The summed E-state index contributed by atoms with van der Waals surface area (Å²) in [6, 6.07) is 24.5. The number of amides is 3. The number of aliphatic hydroxyl groups excluding tert-OH is 1. The first-order valence-corrected chi connectivity index (χ1v) is 28.8. The predicted molar refractivity (Wildman–Crippen MR) is 306 cm³/mol. The van der Waals surface area contributed by atoms with Gasteiger partial charge in [-0.15, -0.1) is 11.3 Å². The van der Waals surface area contributed by atoms with Crippen LogP contribution in [0.3, 0.4) is 0 Å². The molecule has 0 spiro atoms. The van der Waals surface area contributed by atoms with E-state index in [0.29, 0.717) is 44.9 Å². The van der Waals surface area contributed by atoms with E-state index in [0.717, 1.165) is 114 Å². The van der Waals surface area contributed by atoms with Crippen molar-refractivity contribution in [3.05, 3.63) is 102 Å². The lowest BCUT2D eigenvalue weighted by molar-refractivity contribution is -0.144. The molecule has 20 nitrogen and oxygen atoms in total. The van der Waals surface area contributed by atoms with Gasteiger partial charge in [-0.05, 0) is 85.5 Å². The van der Waals surface area contributed by atoms with Gasteiger partial charge in [0.15, 0.2) is 5.65 Å². The molecular weight excluding hydrogens is 1040 g/mol. The van der Waals surface area contributed by atoms with Gasteiger partial charge in [0.2, 0.25) is 17.7 Å². The van der Waals surface area contributed by atoms with Gasteiger partial charge in [0.1, 0.15) is 48.0 Å². The van der Waals surface area contributed by atoms with Gasteiger partial charge >= 0.3 is 0 Å². The van der Waals surface area contributed by atoms with E-state index in [1.54, 1.807) is 11.3 Å². The van der Waals surface area contributed by atoms with Crippen molar-refractivity contribution in [3.8, 4) is 33.2 Å². The van der Waals surface area contributed by atoms with Crippen molar-refractivity contribution in [2.45, 2.75) is 96.6 Å². The number of hydrogen-bond acceptors (Lipinski definition) is 17. The first-order valence-electron chi connectivity index (χ1n) is 27.9. The number of aromatic nitrogens is 5. The van der Waals surface area contributed by atoms with Crippen molar-refractivity contribution < 1.29 is 43.2 Å². The molecule has 5 N–H and O–H groups in total. The Bertz CT molecular complexity index is 2940. The van der Waals surface area contributed by atoms with Gasteiger partial charge in [-0.2, -0.15) is 5.10 Å². The number of fused-ring (bicyclic) bond motifs is 1. The molecule has 6 aromatic rings. The Morgan fingerprint density at radius 3 is 2.08 bits per heavy atom. The summed E-state index contributed by atoms with van der Waals surface area (Å²) in [5.74, 6) is 0.689. The van der Waals surface area contributed by atoms with E-state index in [4.69, 9.17) is 34.5 Å². The number of ether oxygens (including phenoxy) is 5. The lowest BCUT2D eigenvalue weighted by Gasteiger charge is -2.42. The Balaban J connectivity index is 0.598. The lowest BCUT2D eigenvalue weighted by atomic mass is 9.85. The van der Waals surface area contributed by atoms with Crippen molar-refractivity contribution in [1.29, 1.82) is 0 Å². The second-order valence-electron chi connectivity index (χ2n) is 21.9. The molecule has 80 heavy (non-hydrogen) atoms. The number of aliphatic hydroxyl groups is 1. The fraction of sp³-hybridized carbons (Fsp3) is 0.508. The van der Waals surface area contributed by atoms with Crippen LogP contribution in [0.4, 0.5) is 5.82 Å². The quantitative estimate of drug-likeness (QED) is 0.0462. The van der Waals surface area contributed by atoms with Gasteiger partial charge in [0.25, 0.3) is 0 Å². The number of thiazole rings is 1. The molecule has 1 aliphatic carbocycles. The molecule has 9 rings (SSSR count). The van der Waals surface area contributed by atoms with E-state index in [-0.39, 0.29) is 51.3 Å². The second kappa shape index (κ2) is 27.8. The van der Waals surface area contributed by atoms with Crippen LogP contribution in [0.15, 0.2) is 90.7 Å². The number of carbonyl (C=O) groups excluding carboxylic acids is 3. The molecule has 0 unspecified atom stereocenters. The Kier molecular flexibility index (Phi) is 20.3. The van der Waals surface area contributed by atoms with Crippen molar-refractivity contribution in [2.75, 3.05) is 97.9 Å². The summed E-state index contributed by atoms with van der Waals surface area (Å²) in [5.41, 5.74) is 13.0. The number of anilines is 1. The second-order valence-corrected chi connectivity index (χ2v) is 22.7. The smallest absolute Gasteiger partial charge is 0.246 e. The molecular formula is C59H77N11O9S.